The first-order valence-electron chi connectivity index (χ1n) is 7.70. The van der Waals surface area contributed by atoms with Gasteiger partial charge >= 0.3 is 0 Å². The third kappa shape index (κ3) is 2.67. The molecule has 1 aliphatic carbocycles. The molecule has 2 unspecified atom stereocenters. The summed E-state index contributed by atoms with van der Waals surface area (Å²) in [6.45, 7) is 2.97. The van der Waals surface area contributed by atoms with Gasteiger partial charge < -0.3 is 15.0 Å². The van der Waals surface area contributed by atoms with Gasteiger partial charge in [0.15, 0.2) is 0 Å². The number of hydrogen-bond acceptors (Lipinski definition) is 3. The molecule has 1 saturated carbocycles. The van der Waals surface area contributed by atoms with E-state index in [1.165, 1.54) is 36.9 Å². The van der Waals surface area contributed by atoms with E-state index in [2.05, 4.69) is 22.3 Å². The Hall–Kier alpha value is -0.770. The molecule has 1 N–H and O–H groups in total. The maximum atomic E-state index is 6.19. The van der Waals surface area contributed by atoms with Gasteiger partial charge in [-0.2, -0.15) is 0 Å². The highest BCUT2D eigenvalue weighted by atomic mass is 35.5. The van der Waals surface area contributed by atoms with Gasteiger partial charge in [0.2, 0.25) is 0 Å². The fraction of sp³-hybridized carbons (Fsp3) is 0.625. The van der Waals surface area contributed by atoms with Gasteiger partial charge in [0, 0.05) is 36.4 Å². The van der Waals surface area contributed by atoms with E-state index in [-0.39, 0.29) is 0 Å². The van der Waals surface area contributed by atoms with Crippen molar-refractivity contribution in [3.05, 3.63) is 28.8 Å². The van der Waals surface area contributed by atoms with Crippen LogP contribution < -0.4 is 10.2 Å². The summed E-state index contributed by atoms with van der Waals surface area (Å²) < 4.78 is 5.94. The molecule has 0 radical (unpaired) electrons. The summed E-state index contributed by atoms with van der Waals surface area (Å²) in [5.74, 6) is 0. The van der Waals surface area contributed by atoms with Crippen LogP contribution in [0.15, 0.2) is 18.2 Å². The Morgan fingerprint density at radius 1 is 1.15 bits per heavy atom. The van der Waals surface area contributed by atoms with Crippen molar-refractivity contribution in [1.82, 2.24) is 5.32 Å². The molecule has 2 bridgehead atoms. The highest BCUT2D eigenvalue weighted by Crippen LogP contribution is 2.33. The number of ether oxygens (including phenoxy) is 1. The molecule has 2 saturated heterocycles. The summed E-state index contributed by atoms with van der Waals surface area (Å²) in [6.07, 6.45) is 5.91. The molecule has 4 heteroatoms. The number of fused-ring (bicyclic) bond motifs is 2. The molecule has 3 fully saturated rings. The first-order chi connectivity index (χ1) is 9.78. The average molecular weight is 293 g/mol. The van der Waals surface area contributed by atoms with Crippen LogP contribution >= 0.6 is 11.6 Å². The van der Waals surface area contributed by atoms with Crippen LogP contribution in [0.1, 0.15) is 31.2 Å². The van der Waals surface area contributed by atoms with Crippen molar-refractivity contribution >= 4 is 17.3 Å². The number of halogens is 1. The molecular formula is C16H21ClN2O. The van der Waals surface area contributed by atoms with Crippen LogP contribution in [0, 0.1) is 0 Å². The zero-order chi connectivity index (χ0) is 13.5. The third-order valence-corrected chi connectivity index (χ3v) is 4.82. The number of rotatable bonds is 4. The summed E-state index contributed by atoms with van der Waals surface area (Å²) in [5, 5.41) is 4.43. The van der Waals surface area contributed by atoms with Gasteiger partial charge in [0.1, 0.15) is 0 Å². The molecule has 0 spiro atoms. The maximum absolute atomic E-state index is 6.19. The van der Waals surface area contributed by atoms with Gasteiger partial charge in [-0.25, -0.2) is 0 Å². The smallest absolute Gasteiger partial charge is 0.0755 e. The van der Waals surface area contributed by atoms with Crippen LogP contribution in [-0.2, 0) is 11.3 Å². The number of benzene rings is 1. The highest BCUT2D eigenvalue weighted by molar-refractivity contribution is 6.30. The van der Waals surface area contributed by atoms with Crippen molar-refractivity contribution in [1.29, 1.82) is 0 Å². The number of nitrogens with one attached hydrogen (secondary N) is 1. The van der Waals surface area contributed by atoms with E-state index in [9.17, 15) is 0 Å². The number of morpholine rings is 1. The first-order valence-corrected chi connectivity index (χ1v) is 8.08. The van der Waals surface area contributed by atoms with Gasteiger partial charge in [0.25, 0.3) is 0 Å². The van der Waals surface area contributed by atoms with Crippen LogP contribution in [0.4, 0.5) is 5.69 Å². The standard InChI is InChI=1S/C16H21ClN2O/c17-12-1-6-16(11(7-12)8-18-13-2-3-13)19-9-14-4-5-15(10-19)20-14/h1,6-7,13-15,18H,2-5,8-10H2. The summed E-state index contributed by atoms with van der Waals surface area (Å²) in [4.78, 5) is 2.49. The van der Waals surface area contributed by atoms with E-state index in [0.29, 0.717) is 12.2 Å². The Kier molecular flexibility index (Phi) is 3.37. The predicted octanol–water partition coefficient (Wildman–Crippen LogP) is 2.96. The summed E-state index contributed by atoms with van der Waals surface area (Å²) >= 11 is 6.19. The second-order valence-electron chi connectivity index (χ2n) is 6.29. The minimum atomic E-state index is 0.425. The monoisotopic (exact) mass is 292 g/mol. The molecule has 1 aromatic carbocycles. The van der Waals surface area contributed by atoms with Crippen molar-refractivity contribution < 1.29 is 4.74 Å². The van der Waals surface area contributed by atoms with E-state index in [0.717, 1.165) is 30.7 Å². The zero-order valence-electron chi connectivity index (χ0n) is 11.6. The Morgan fingerprint density at radius 3 is 2.60 bits per heavy atom. The topological polar surface area (TPSA) is 24.5 Å². The Balaban J connectivity index is 1.55. The first kappa shape index (κ1) is 12.9. The van der Waals surface area contributed by atoms with Crippen molar-refractivity contribution in [2.24, 2.45) is 0 Å². The van der Waals surface area contributed by atoms with Gasteiger partial charge in [-0.3, -0.25) is 0 Å². The normalized spacial score (nSPS) is 28.9. The lowest BCUT2D eigenvalue weighted by Gasteiger charge is -2.35. The minimum absolute atomic E-state index is 0.425. The van der Waals surface area contributed by atoms with Gasteiger partial charge in [-0.1, -0.05) is 11.6 Å². The number of hydrogen-bond donors (Lipinski definition) is 1. The van der Waals surface area contributed by atoms with E-state index in [4.69, 9.17) is 16.3 Å². The lowest BCUT2D eigenvalue weighted by Crippen LogP contribution is -2.43. The second kappa shape index (κ2) is 5.21. The van der Waals surface area contributed by atoms with Crippen molar-refractivity contribution in [2.45, 2.75) is 50.5 Å². The van der Waals surface area contributed by atoms with Gasteiger partial charge in [-0.15, -0.1) is 0 Å². The lowest BCUT2D eigenvalue weighted by atomic mass is 10.1. The van der Waals surface area contributed by atoms with Crippen LogP contribution in [-0.4, -0.2) is 31.3 Å². The molecule has 1 aromatic rings. The van der Waals surface area contributed by atoms with E-state index < -0.39 is 0 Å². The largest absolute Gasteiger partial charge is 0.371 e. The van der Waals surface area contributed by atoms with Crippen molar-refractivity contribution in [2.75, 3.05) is 18.0 Å². The minimum Gasteiger partial charge on any atom is -0.371 e. The predicted molar refractivity (Wildman–Crippen MR) is 81.4 cm³/mol. The number of anilines is 1. The van der Waals surface area contributed by atoms with Gasteiger partial charge in [-0.05, 0) is 49.4 Å². The summed E-state index contributed by atoms with van der Waals surface area (Å²) in [6, 6.07) is 7.03. The molecule has 2 aliphatic heterocycles. The Bertz CT molecular complexity index is 491. The zero-order valence-corrected chi connectivity index (χ0v) is 12.4. The fourth-order valence-corrected chi connectivity index (χ4v) is 3.55. The Morgan fingerprint density at radius 2 is 1.90 bits per heavy atom. The average Bonchev–Trinajstić information content (AvgIpc) is 3.21. The Labute approximate surface area is 125 Å². The SMILES string of the molecule is Clc1ccc(N2CC3CCC(C2)O3)c(CNC2CC2)c1. The van der Waals surface area contributed by atoms with Crippen LogP contribution in [0.3, 0.4) is 0 Å². The fourth-order valence-electron chi connectivity index (χ4n) is 3.36. The van der Waals surface area contributed by atoms with Crippen LogP contribution in [0.2, 0.25) is 5.02 Å². The molecule has 2 atom stereocenters. The molecule has 108 valence electrons. The quantitative estimate of drug-likeness (QED) is 0.923. The molecule has 0 aromatic heterocycles. The van der Waals surface area contributed by atoms with E-state index >= 15 is 0 Å². The van der Waals surface area contributed by atoms with Crippen LogP contribution in [0.5, 0.6) is 0 Å². The number of nitrogens with zero attached hydrogens (tertiary/aromatic N) is 1. The van der Waals surface area contributed by atoms with Crippen LogP contribution in [0.25, 0.3) is 0 Å². The van der Waals surface area contributed by atoms with Crippen molar-refractivity contribution in [3.8, 4) is 0 Å². The lowest BCUT2D eigenvalue weighted by molar-refractivity contribution is 0.0304. The summed E-state index contributed by atoms with van der Waals surface area (Å²) in [7, 11) is 0. The molecule has 0 amide bonds. The molecule has 3 aliphatic rings. The molecule has 2 heterocycles. The van der Waals surface area contributed by atoms with E-state index in [1.807, 2.05) is 6.07 Å². The molecular weight excluding hydrogens is 272 g/mol. The summed E-state index contributed by atoms with van der Waals surface area (Å²) in [5.41, 5.74) is 2.66. The third-order valence-electron chi connectivity index (χ3n) is 4.58. The molecule has 20 heavy (non-hydrogen) atoms. The van der Waals surface area contributed by atoms with Crippen molar-refractivity contribution in [3.63, 3.8) is 0 Å². The van der Waals surface area contributed by atoms with Gasteiger partial charge in [0.05, 0.1) is 12.2 Å². The maximum Gasteiger partial charge on any atom is 0.0755 e. The van der Waals surface area contributed by atoms with E-state index in [1.54, 1.807) is 0 Å². The second-order valence-corrected chi connectivity index (χ2v) is 6.73. The molecule has 3 nitrogen and oxygen atoms in total. The molecule has 4 rings (SSSR count). The highest BCUT2D eigenvalue weighted by Gasteiger charge is 2.34.